The monoisotopic (exact) mass is 284 g/mol. The lowest BCUT2D eigenvalue weighted by Crippen LogP contribution is -2.24. The summed E-state index contributed by atoms with van der Waals surface area (Å²) in [6, 6.07) is 9.11. The number of hydrogen-bond acceptors (Lipinski definition) is 2. The molecule has 6 heteroatoms. The van der Waals surface area contributed by atoms with Crippen molar-refractivity contribution < 1.29 is 9.18 Å². The van der Waals surface area contributed by atoms with E-state index < -0.39 is 5.91 Å². The lowest BCUT2D eigenvalue weighted by Gasteiger charge is -2.04. The molecule has 106 valence electrons. The average Bonchev–Trinajstić information content (AvgIpc) is 2.46. The van der Waals surface area contributed by atoms with Crippen molar-refractivity contribution in [1.82, 2.24) is 4.98 Å². The first-order valence-electron chi connectivity index (χ1n) is 6.08. The van der Waals surface area contributed by atoms with Crippen LogP contribution in [0.2, 0.25) is 0 Å². The lowest BCUT2D eigenvalue weighted by atomic mass is 10.0. The number of amides is 1. The fourth-order valence-electron chi connectivity index (χ4n) is 1.69. The van der Waals surface area contributed by atoms with Crippen molar-refractivity contribution in [2.75, 3.05) is 0 Å². The fraction of sp³-hybridized carbons (Fsp3) is 0. The number of nitrogens with two attached hydrogens (primary N) is 2. The molecule has 2 rings (SSSR count). The molecule has 0 unspecified atom stereocenters. The van der Waals surface area contributed by atoms with Gasteiger partial charge in [0.05, 0.1) is 5.57 Å². The number of nitrogens with zero attached hydrogens (tertiary/aromatic N) is 2. The molecule has 0 bridgehead atoms. The average molecular weight is 284 g/mol. The Morgan fingerprint density at radius 2 is 1.90 bits per heavy atom. The molecule has 1 aromatic carbocycles. The number of benzene rings is 1. The third-order valence-electron chi connectivity index (χ3n) is 2.61. The SMILES string of the molecule is NC(N)=NC(=O)/C(=C/c1ccc(F)cc1)c1cccnc1. The van der Waals surface area contributed by atoms with Crippen LogP contribution in [0.1, 0.15) is 11.1 Å². The maximum Gasteiger partial charge on any atom is 0.280 e. The molecule has 0 saturated heterocycles. The fourth-order valence-corrected chi connectivity index (χ4v) is 1.69. The molecule has 1 heterocycles. The van der Waals surface area contributed by atoms with E-state index in [1.54, 1.807) is 36.5 Å². The van der Waals surface area contributed by atoms with E-state index in [-0.39, 0.29) is 17.3 Å². The van der Waals surface area contributed by atoms with Gasteiger partial charge in [0.15, 0.2) is 5.96 Å². The summed E-state index contributed by atoms with van der Waals surface area (Å²) >= 11 is 0. The summed E-state index contributed by atoms with van der Waals surface area (Å²) in [5.41, 5.74) is 12.0. The summed E-state index contributed by atoms with van der Waals surface area (Å²) in [4.78, 5) is 19.6. The summed E-state index contributed by atoms with van der Waals surface area (Å²) in [6.07, 6.45) is 4.69. The van der Waals surface area contributed by atoms with Gasteiger partial charge >= 0.3 is 0 Å². The predicted molar refractivity (Wildman–Crippen MR) is 79.3 cm³/mol. The number of aromatic nitrogens is 1. The predicted octanol–water partition coefficient (Wildman–Crippen LogP) is 1.56. The zero-order chi connectivity index (χ0) is 15.2. The number of aliphatic imine (C=N–C) groups is 1. The quantitative estimate of drug-likeness (QED) is 0.508. The highest BCUT2D eigenvalue weighted by atomic mass is 19.1. The van der Waals surface area contributed by atoms with Crippen molar-refractivity contribution in [3.63, 3.8) is 0 Å². The lowest BCUT2D eigenvalue weighted by molar-refractivity contribution is -0.112. The number of pyridine rings is 1. The number of hydrogen-bond donors (Lipinski definition) is 2. The maximum absolute atomic E-state index is 12.9. The van der Waals surface area contributed by atoms with Crippen LogP contribution in [0.5, 0.6) is 0 Å². The van der Waals surface area contributed by atoms with E-state index in [4.69, 9.17) is 11.5 Å². The Morgan fingerprint density at radius 1 is 1.19 bits per heavy atom. The van der Waals surface area contributed by atoms with Gasteiger partial charge in [0, 0.05) is 18.0 Å². The van der Waals surface area contributed by atoms with E-state index >= 15 is 0 Å². The second-order valence-electron chi connectivity index (χ2n) is 4.19. The molecule has 1 aromatic heterocycles. The van der Waals surface area contributed by atoms with Crippen LogP contribution in [0, 0.1) is 5.82 Å². The first-order chi connectivity index (χ1) is 10.1. The van der Waals surface area contributed by atoms with Crippen molar-refractivity contribution in [2.24, 2.45) is 16.5 Å². The van der Waals surface area contributed by atoms with Crippen molar-refractivity contribution in [3.8, 4) is 0 Å². The van der Waals surface area contributed by atoms with Crippen molar-refractivity contribution in [2.45, 2.75) is 0 Å². The van der Waals surface area contributed by atoms with Crippen LogP contribution in [0.15, 0.2) is 53.8 Å². The minimum atomic E-state index is -0.590. The van der Waals surface area contributed by atoms with E-state index in [0.717, 1.165) is 0 Å². The zero-order valence-corrected chi connectivity index (χ0v) is 11.0. The molecule has 1 amide bonds. The van der Waals surface area contributed by atoms with Crippen LogP contribution in [-0.2, 0) is 4.79 Å². The van der Waals surface area contributed by atoms with Gasteiger partial charge in [-0.25, -0.2) is 4.39 Å². The number of carbonyl (C=O) groups is 1. The van der Waals surface area contributed by atoms with Crippen LogP contribution in [0.4, 0.5) is 4.39 Å². The first-order valence-corrected chi connectivity index (χ1v) is 6.08. The highest BCUT2D eigenvalue weighted by Gasteiger charge is 2.12. The Kier molecular flexibility index (Phi) is 4.40. The molecule has 0 aliphatic carbocycles. The number of halogens is 1. The molecule has 0 saturated carbocycles. The first kappa shape index (κ1) is 14.4. The summed E-state index contributed by atoms with van der Waals surface area (Å²) < 4.78 is 12.9. The van der Waals surface area contributed by atoms with E-state index in [1.807, 2.05) is 0 Å². The van der Waals surface area contributed by atoms with Crippen LogP contribution in [0.25, 0.3) is 11.6 Å². The second-order valence-corrected chi connectivity index (χ2v) is 4.19. The number of carbonyl (C=O) groups excluding carboxylic acids is 1. The van der Waals surface area contributed by atoms with Crippen LogP contribution < -0.4 is 11.5 Å². The topological polar surface area (TPSA) is 94.4 Å². The highest BCUT2D eigenvalue weighted by molar-refractivity contribution is 6.26. The Labute approximate surface area is 120 Å². The second kappa shape index (κ2) is 6.42. The highest BCUT2D eigenvalue weighted by Crippen LogP contribution is 2.19. The Morgan fingerprint density at radius 3 is 2.48 bits per heavy atom. The Balaban J connectivity index is 2.48. The van der Waals surface area contributed by atoms with Crippen LogP contribution in [-0.4, -0.2) is 16.9 Å². The maximum atomic E-state index is 12.9. The molecule has 0 aliphatic rings. The van der Waals surface area contributed by atoms with E-state index in [1.165, 1.54) is 18.3 Å². The summed E-state index contributed by atoms with van der Waals surface area (Å²) in [5, 5.41) is 0. The van der Waals surface area contributed by atoms with Gasteiger partial charge in [-0.15, -0.1) is 0 Å². The standard InChI is InChI=1S/C15H13FN4O/c16-12-5-3-10(4-6-12)8-13(14(21)20-15(17)18)11-2-1-7-19-9-11/h1-9H,(H4,17,18,20,21)/b13-8+. The van der Waals surface area contributed by atoms with E-state index in [9.17, 15) is 9.18 Å². The van der Waals surface area contributed by atoms with Crippen LogP contribution >= 0.6 is 0 Å². The van der Waals surface area contributed by atoms with Gasteiger partial charge in [0.25, 0.3) is 5.91 Å². The number of guanidine groups is 1. The molecule has 0 aliphatic heterocycles. The smallest absolute Gasteiger partial charge is 0.280 e. The molecule has 2 aromatic rings. The normalized spacial score (nSPS) is 11.0. The van der Waals surface area contributed by atoms with Gasteiger partial charge in [0.1, 0.15) is 5.82 Å². The minimum absolute atomic E-state index is 0.267. The van der Waals surface area contributed by atoms with Crippen LogP contribution in [0.3, 0.4) is 0 Å². The molecule has 0 fully saturated rings. The molecule has 0 atom stereocenters. The minimum Gasteiger partial charge on any atom is -0.370 e. The van der Waals surface area contributed by atoms with Gasteiger partial charge in [-0.05, 0) is 29.8 Å². The molecule has 0 spiro atoms. The Hall–Kier alpha value is -3.02. The molecule has 5 nitrogen and oxygen atoms in total. The molecule has 21 heavy (non-hydrogen) atoms. The largest absolute Gasteiger partial charge is 0.370 e. The van der Waals surface area contributed by atoms with Crippen molar-refractivity contribution >= 4 is 23.5 Å². The van der Waals surface area contributed by atoms with E-state index in [0.29, 0.717) is 11.1 Å². The van der Waals surface area contributed by atoms with Crippen molar-refractivity contribution in [1.29, 1.82) is 0 Å². The molecular formula is C15H13FN4O. The van der Waals surface area contributed by atoms with Crippen molar-refractivity contribution in [3.05, 3.63) is 65.7 Å². The Bertz CT molecular complexity index is 689. The van der Waals surface area contributed by atoms with E-state index in [2.05, 4.69) is 9.98 Å². The third-order valence-corrected chi connectivity index (χ3v) is 2.61. The number of rotatable bonds is 3. The zero-order valence-electron chi connectivity index (χ0n) is 11.0. The summed E-state index contributed by atoms with van der Waals surface area (Å²) in [7, 11) is 0. The van der Waals surface area contributed by atoms with Gasteiger partial charge in [-0.3, -0.25) is 9.78 Å². The van der Waals surface area contributed by atoms with Gasteiger partial charge in [0.2, 0.25) is 0 Å². The van der Waals surface area contributed by atoms with Gasteiger partial charge in [-0.1, -0.05) is 18.2 Å². The summed E-state index contributed by atoms with van der Waals surface area (Å²) in [6.45, 7) is 0. The molecule has 4 N–H and O–H groups in total. The van der Waals surface area contributed by atoms with Gasteiger partial charge < -0.3 is 11.5 Å². The molecular weight excluding hydrogens is 271 g/mol. The third kappa shape index (κ3) is 3.97. The summed E-state index contributed by atoms with van der Waals surface area (Å²) in [5.74, 6) is -1.27. The molecule has 0 radical (unpaired) electrons. The van der Waals surface area contributed by atoms with Gasteiger partial charge in [-0.2, -0.15) is 4.99 Å².